The van der Waals surface area contributed by atoms with Crippen LogP contribution in [0.5, 0.6) is 0 Å². The molecule has 0 aliphatic carbocycles. The number of hydrogen-bond donors (Lipinski definition) is 2. The molecular weight excluding hydrogens is 238 g/mol. The molecule has 0 fully saturated rings. The minimum atomic E-state index is -0.238. The minimum absolute atomic E-state index is 0.238. The molecule has 7 heteroatoms. The lowest BCUT2D eigenvalue weighted by molar-refractivity contribution is 0.102. The van der Waals surface area contributed by atoms with Crippen LogP contribution < -0.4 is 11.1 Å². The average molecular weight is 249 g/mol. The standard InChI is InChI=1S/C10H11N5OS/c1-6-13-10(17-15-6)14-9(16)7-2-3-12-8(4-7)5-11/h2-4H,5,11H2,1H3,(H,13,14,15,16). The first-order chi connectivity index (χ1) is 8.19. The second kappa shape index (κ2) is 4.98. The Morgan fingerprint density at radius 1 is 1.59 bits per heavy atom. The zero-order valence-electron chi connectivity index (χ0n) is 9.17. The van der Waals surface area contributed by atoms with Gasteiger partial charge in [0.2, 0.25) is 5.13 Å². The lowest BCUT2D eigenvalue weighted by Crippen LogP contribution is -2.13. The fraction of sp³-hybridized carbons (Fsp3) is 0.200. The fourth-order valence-corrected chi connectivity index (χ4v) is 1.82. The number of anilines is 1. The summed E-state index contributed by atoms with van der Waals surface area (Å²) in [6, 6.07) is 3.28. The summed E-state index contributed by atoms with van der Waals surface area (Å²) in [5.41, 5.74) is 6.64. The number of amides is 1. The quantitative estimate of drug-likeness (QED) is 0.844. The second-order valence-corrected chi connectivity index (χ2v) is 4.09. The summed E-state index contributed by atoms with van der Waals surface area (Å²) in [6.07, 6.45) is 1.56. The molecule has 0 radical (unpaired) electrons. The maximum Gasteiger partial charge on any atom is 0.257 e. The summed E-state index contributed by atoms with van der Waals surface area (Å²) < 4.78 is 3.98. The van der Waals surface area contributed by atoms with Crippen LogP contribution in [-0.4, -0.2) is 20.2 Å². The Labute approximate surface area is 102 Å². The third-order valence-electron chi connectivity index (χ3n) is 2.04. The molecule has 0 atom stereocenters. The summed E-state index contributed by atoms with van der Waals surface area (Å²) in [7, 11) is 0. The number of nitrogens with one attached hydrogen (secondary N) is 1. The van der Waals surface area contributed by atoms with Crippen LogP contribution in [0.2, 0.25) is 0 Å². The van der Waals surface area contributed by atoms with Gasteiger partial charge in [-0.3, -0.25) is 15.1 Å². The Hall–Kier alpha value is -1.86. The van der Waals surface area contributed by atoms with Crippen LogP contribution in [-0.2, 0) is 6.54 Å². The van der Waals surface area contributed by atoms with E-state index in [1.54, 1.807) is 25.3 Å². The van der Waals surface area contributed by atoms with Crippen LogP contribution in [0.15, 0.2) is 18.3 Å². The maximum absolute atomic E-state index is 11.9. The highest BCUT2D eigenvalue weighted by molar-refractivity contribution is 7.09. The van der Waals surface area contributed by atoms with Gasteiger partial charge >= 0.3 is 0 Å². The number of carbonyl (C=O) groups excluding carboxylic acids is 1. The SMILES string of the molecule is Cc1nsc(NC(=O)c2ccnc(CN)c2)n1. The van der Waals surface area contributed by atoms with E-state index in [-0.39, 0.29) is 5.91 Å². The van der Waals surface area contributed by atoms with Gasteiger partial charge in [0.25, 0.3) is 5.91 Å². The summed E-state index contributed by atoms with van der Waals surface area (Å²) in [6.45, 7) is 2.07. The van der Waals surface area contributed by atoms with Gasteiger partial charge in [-0.05, 0) is 19.1 Å². The molecule has 0 saturated carbocycles. The van der Waals surface area contributed by atoms with Gasteiger partial charge in [0, 0.05) is 29.8 Å². The van der Waals surface area contributed by atoms with E-state index in [2.05, 4.69) is 19.7 Å². The Bertz CT molecular complexity index is 539. The molecule has 3 N–H and O–H groups in total. The number of aryl methyl sites for hydroxylation is 1. The Morgan fingerprint density at radius 2 is 2.41 bits per heavy atom. The molecule has 1 amide bonds. The summed E-state index contributed by atoms with van der Waals surface area (Å²) in [5.74, 6) is 0.404. The summed E-state index contributed by atoms with van der Waals surface area (Å²) >= 11 is 1.15. The first kappa shape index (κ1) is 11.6. The van der Waals surface area contributed by atoms with Gasteiger partial charge < -0.3 is 5.73 Å². The number of nitrogens with two attached hydrogens (primary N) is 1. The zero-order valence-corrected chi connectivity index (χ0v) is 9.99. The van der Waals surface area contributed by atoms with Crippen LogP contribution in [0.3, 0.4) is 0 Å². The van der Waals surface area contributed by atoms with Crippen LogP contribution in [0.25, 0.3) is 0 Å². The number of carbonyl (C=O) groups is 1. The number of hydrogen-bond acceptors (Lipinski definition) is 6. The summed E-state index contributed by atoms with van der Waals surface area (Å²) in [4.78, 5) is 19.9. The van der Waals surface area contributed by atoms with Gasteiger partial charge in [0.15, 0.2) is 0 Å². The molecule has 17 heavy (non-hydrogen) atoms. The molecule has 0 bridgehead atoms. The lowest BCUT2D eigenvalue weighted by atomic mass is 10.2. The molecule has 2 heterocycles. The van der Waals surface area contributed by atoms with Crippen molar-refractivity contribution in [3.05, 3.63) is 35.4 Å². The monoisotopic (exact) mass is 249 g/mol. The van der Waals surface area contributed by atoms with E-state index in [4.69, 9.17) is 5.73 Å². The number of nitrogens with zero attached hydrogens (tertiary/aromatic N) is 3. The fourth-order valence-electron chi connectivity index (χ4n) is 1.25. The van der Waals surface area contributed by atoms with Crippen molar-refractivity contribution >= 4 is 22.6 Å². The van der Waals surface area contributed by atoms with Crippen LogP contribution in [0.4, 0.5) is 5.13 Å². The number of rotatable bonds is 3. The molecule has 88 valence electrons. The molecule has 0 spiro atoms. The van der Waals surface area contributed by atoms with Crippen molar-refractivity contribution in [3.63, 3.8) is 0 Å². The number of aromatic nitrogens is 3. The molecule has 2 aromatic rings. The third kappa shape index (κ3) is 2.83. The average Bonchev–Trinajstić information content (AvgIpc) is 2.75. The van der Waals surface area contributed by atoms with Gasteiger partial charge in [-0.25, -0.2) is 4.98 Å². The molecule has 0 unspecified atom stereocenters. The molecule has 2 aromatic heterocycles. The molecule has 6 nitrogen and oxygen atoms in total. The van der Waals surface area contributed by atoms with E-state index < -0.39 is 0 Å². The second-order valence-electron chi connectivity index (χ2n) is 3.34. The Morgan fingerprint density at radius 3 is 3.06 bits per heavy atom. The van der Waals surface area contributed by atoms with E-state index in [1.165, 1.54) is 0 Å². The first-order valence-corrected chi connectivity index (χ1v) is 5.73. The molecule has 0 aliphatic rings. The van der Waals surface area contributed by atoms with Gasteiger partial charge in [-0.15, -0.1) is 0 Å². The highest BCUT2D eigenvalue weighted by Crippen LogP contribution is 2.12. The van der Waals surface area contributed by atoms with Crippen molar-refractivity contribution < 1.29 is 4.79 Å². The summed E-state index contributed by atoms with van der Waals surface area (Å²) in [5, 5.41) is 3.15. The van der Waals surface area contributed by atoms with Crippen LogP contribution >= 0.6 is 11.5 Å². The third-order valence-corrected chi connectivity index (χ3v) is 2.76. The molecular formula is C10H11N5OS. The van der Waals surface area contributed by atoms with E-state index in [9.17, 15) is 4.79 Å². The van der Waals surface area contributed by atoms with Gasteiger partial charge in [-0.1, -0.05) is 0 Å². The van der Waals surface area contributed by atoms with E-state index >= 15 is 0 Å². The smallest absolute Gasteiger partial charge is 0.257 e. The van der Waals surface area contributed by atoms with Crippen molar-refractivity contribution in [1.82, 2.24) is 14.3 Å². The molecule has 0 saturated heterocycles. The zero-order chi connectivity index (χ0) is 12.3. The molecule has 2 rings (SSSR count). The topological polar surface area (TPSA) is 93.8 Å². The van der Waals surface area contributed by atoms with Crippen molar-refractivity contribution in [2.24, 2.45) is 5.73 Å². The Balaban J connectivity index is 2.14. The van der Waals surface area contributed by atoms with E-state index in [0.717, 1.165) is 11.5 Å². The van der Waals surface area contributed by atoms with Crippen molar-refractivity contribution in [2.45, 2.75) is 13.5 Å². The van der Waals surface area contributed by atoms with Crippen molar-refractivity contribution in [1.29, 1.82) is 0 Å². The maximum atomic E-state index is 11.9. The van der Waals surface area contributed by atoms with Crippen molar-refractivity contribution in [2.75, 3.05) is 5.32 Å². The predicted molar refractivity (Wildman–Crippen MR) is 64.7 cm³/mol. The highest BCUT2D eigenvalue weighted by Gasteiger charge is 2.09. The lowest BCUT2D eigenvalue weighted by Gasteiger charge is -2.02. The Kier molecular flexibility index (Phi) is 3.40. The van der Waals surface area contributed by atoms with E-state index in [0.29, 0.717) is 28.8 Å². The normalized spacial score (nSPS) is 10.2. The predicted octanol–water partition coefficient (Wildman–Crippen LogP) is 0.953. The van der Waals surface area contributed by atoms with Gasteiger partial charge in [0.1, 0.15) is 5.82 Å². The minimum Gasteiger partial charge on any atom is -0.325 e. The molecule has 0 aromatic carbocycles. The van der Waals surface area contributed by atoms with E-state index in [1.807, 2.05) is 0 Å². The van der Waals surface area contributed by atoms with Crippen molar-refractivity contribution in [3.8, 4) is 0 Å². The van der Waals surface area contributed by atoms with Crippen LogP contribution in [0.1, 0.15) is 21.9 Å². The van der Waals surface area contributed by atoms with Crippen LogP contribution in [0, 0.1) is 6.92 Å². The number of pyridine rings is 1. The van der Waals surface area contributed by atoms with Gasteiger partial charge in [-0.2, -0.15) is 4.37 Å². The first-order valence-electron chi connectivity index (χ1n) is 4.95. The van der Waals surface area contributed by atoms with Gasteiger partial charge in [0.05, 0.1) is 5.69 Å². The molecule has 0 aliphatic heterocycles. The highest BCUT2D eigenvalue weighted by atomic mass is 32.1. The largest absolute Gasteiger partial charge is 0.325 e.